The Bertz CT molecular complexity index is 1280. The monoisotopic (exact) mass is 443 g/mol. The van der Waals surface area contributed by atoms with Gasteiger partial charge in [0, 0.05) is 11.1 Å². The zero-order valence-electron chi connectivity index (χ0n) is 17.0. The lowest BCUT2D eigenvalue weighted by Gasteiger charge is -2.26. The van der Waals surface area contributed by atoms with E-state index in [0.717, 1.165) is 28.4 Å². The molecule has 2 heterocycles. The minimum Gasteiger partial charge on any atom is -0.375 e. The summed E-state index contributed by atoms with van der Waals surface area (Å²) in [4.78, 5) is 12.0. The number of carbonyl (C=O) groups is 1. The molecule has 10 heteroatoms. The highest BCUT2D eigenvalue weighted by Gasteiger charge is 2.55. The van der Waals surface area contributed by atoms with E-state index in [-0.39, 0.29) is 6.54 Å². The third-order valence-corrected chi connectivity index (χ3v) is 5.42. The fourth-order valence-corrected chi connectivity index (χ4v) is 3.68. The topological polar surface area (TPSA) is 99.0 Å². The van der Waals surface area contributed by atoms with Gasteiger partial charge in [-0.25, -0.2) is 4.68 Å². The molecule has 1 atom stereocenters. The number of nitrogens with two attached hydrogens (primary N) is 1. The summed E-state index contributed by atoms with van der Waals surface area (Å²) < 4.78 is 42.8. The van der Waals surface area contributed by atoms with Crippen LogP contribution in [0.5, 0.6) is 0 Å². The Morgan fingerprint density at radius 3 is 2.47 bits per heavy atom. The van der Waals surface area contributed by atoms with Crippen molar-refractivity contribution >= 4 is 16.8 Å². The highest BCUT2D eigenvalue weighted by molar-refractivity contribution is 5.99. The average Bonchev–Trinajstić information content (AvgIpc) is 3.37. The fraction of sp³-hybridized carbons (Fsp3) is 0.227. The summed E-state index contributed by atoms with van der Waals surface area (Å²) in [5.41, 5.74) is 4.52. The lowest BCUT2D eigenvalue weighted by atomic mass is 9.96. The summed E-state index contributed by atoms with van der Waals surface area (Å²) in [6.07, 6.45) is -4.36. The van der Waals surface area contributed by atoms with Crippen LogP contribution in [0.25, 0.3) is 16.6 Å². The first-order valence-corrected chi connectivity index (χ1v) is 9.83. The number of aliphatic hydroxyl groups is 1. The van der Waals surface area contributed by atoms with Crippen LogP contribution in [-0.2, 0) is 12.1 Å². The summed E-state index contributed by atoms with van der Waals surface area (Å²) in [6, 6.07) is 16.3. The van der Waals surface area contributed by atoms with E-state index >= 15 is 0 Å². The van der Waals surface area contributed by atoms with Gasteiger partial charge in [0.2, 0.25) is 5.60 Å². The maximum absolute atomic E-state index is 13.3. The van der Waals surface area contributed by atoms with E-state index in [1.165, 1.54) is 11.6 Å². The highest BCUT2D eigenvalue weighted by atomic mass is 19.4. The smallest absolute Gasteiger partial charge is 0.375 e. The van der Waals surface area contributed by atoms with Gasteiger partial charge in [0.1, 0.15) is 11.4 Å². The molecule has 0 spiro atoms. The Kier molecular flexibility index (Phi) is 5.25. The fourth-order valence-electron chi connectivity index (χ4n) is 3.68. The van der Waals surface area contributed by atoms with Crippen LogP contribution < -0.4 is 5.73 Å². The van der Waals surface area contributed by atoms with E-state index in [2.05, 4.69) is 10.3 Å². The molecule has 32 heavy (non-hydrogen) atoms. The minimum atomic E-state index is -4.87. The number of primary amides is 1. The predicted octanol–water partition coefficient (Wildman–Crippen LogP) is 3.53. The van der Waals surface area contributed by atoms with E-state index < -0.39 is 29.8 Å². The van der Waals surface area contributed by atoms with Crippen LogP contribution in [0.15, 0.2) is 60.8 Å². The molecule has 4 aromatic rings. The van der Waals surface area contributed by atoms with E-state index in [4.69, 9.17) is 5.73 Å². The molecule has 0 saturated heterocycles. The molecule has 3 N–H and O–H groups in total. The minimum absolute atomic E-state index is 0.128. The average molecular weight is 443 g/mol. The zero-order chi connectivity index (χ0) is 23.1. The third-order valence-electron chi connectivity index (χ3n) is 5.42. The quantitative estimate of drug-likeness (QED) is 0.476. The van der Waals surface area contributed by atoms with Gasteiger partial charge in [-0.3, -0.25) is 4.79 Å². The second kappa shape index (κ2) is 7.79. The van der Waals surface area contributed by atoms with Gasteiger partial charge >= 0.3 is 6.18 Å². The molecule has 166 valence electrons. The number of rotatable bonds is 6. The molecule has 0 saturated carbocycles. The number of alkyl halides is 3. The molecule has 2 aromatic heterocycles. The lowest BCUT2D eigenvalue weighted by Crippen LogP contribution is -2.42. The Labute approximate surface area is 180 Å². The molecular weight excluding hydrogens is 423 g/mol. The maximum atomic E-state index is 13.3. The van der Waals surface area contributed by atoms with Crippen molar-refractivity contribution in [3.05, 3.63) is 77.7 Å². The standard InChI is InChI=1S/C22H20F3N5O2/c1-2-21(32,22(23,24)25)19-13-29(28-27-19)12-14-8-9-17-15(10-14)11-18(20(26)31)30(17)16-6-4-3-5-7-16/h3-11,13,32H,2,12H2,1H3,(H2,26,31). The molecule has 0 aliphatic heterocycles. The van der Waals surface area contributed by atoms with Crippen LogP contribution in [0.3, 0.4) is 0 Å². The summed E-state index contributed by atoms with van der Waals surface area (Å²) in [7, 11) is 0. The second-order valence-corrected chi connectivity index (χ2v) is 7.47. The van der Waals surface area contributed by atoms with Crippen LogP contribution in [-0.4, -0.2) is 36.8 Å². The SMILES string of the molecule is CCC(O)(c1cn(Cc2ccc3c(c2)cc(C(N)=O)n3-c2ccccc2)nn1)C(F)(F)F. The largest absolute Gasteiger partial charge is 0.423 e. The molecule has 4 rings (SSSR count). The van der Waals surface area contributed by atoms with Crippen LogP contribution in [0.2, 0.25) is 0 Å². The van der Waals surface area contributed by atoms with Crippen LogP contribution in [0.1, 0.15) is 35.1 Å². The van der Waals surface area contributed by atoms with Gasteiger partial charge in [0.05, 0.1) is 18.3 Å². The van der Waals surface area contributed by atoms with Crippen molar-refractivity contribution in [2.24, 2.45) is 5.73 Å². The summed E-state index contributed by atoms with van der Waals surface area (Å²) in [5, 5.41) is 18.1. The third kappa shape index (κ3) is 3.62. The van der Waals surface area contributed by atoms with E-state index in [1.807, 2.05) is 30.3 Å². The maximum Gasteiger partial charge on any atom is 0.423 e. The molecule has 2 aromatic carbocycles. The van der Waals surface area contributed by atoms with Gasteiger partial charge in [-0.05, 0) is 42.3 Å². The number of benzene rings is 2. The Morgan fingerprint density at radius 1 is 1.12 bits per heavy atom. The normalized spacial score (nSPS) is 13.9. The molecule has 0 fully saturated rings. The molecule has 0 aliphatic carbocycles. The molecule has 7 nitrogen and oxygen atoms in total. The van der Waals surface area contributed by atoms with E-state index in [0.29, 0.717) is 5.69 Å². The molecule has 1 amide bonds. The van der Waals surface area contributed by atoms with Gasteiger partial charge in [-0.15, -0.1) is 5.10 Å². The van der Waals surface area contributed by atoms with Crippen molar-refractivity contribution in [1.82, 2.24) is 19.6 Å². The lowest BCUT2D eigenvalue weighted by molar-refractivity contribution is -0.269. The Balaban J connectivity index is 1.69. The molecule has 0 radical (unpaired) electrons. The summed E-state index contributed by atoms with van der Waals surface area (Å²) >= 11 is 0. The van der Waals surface area contributed by atoms with E-state index in [9.17, 15) is 23.1 Å². The Hall–Kier alpha value is -3.66. The van der Waals surface area contributed by atoms with Gasteiger partial charge in [-0.2, -0.15) is 13.2 Å². The molecule has 1 unspecified atom stereocenters. The first-order valence-electron chi connectivity index (χ1n) is 9.83. The number of carbonyl (C=O) groups excluding carboxylic acids is 1. The first kappa shape index (κ1) is 21.6. The summed E-state index contributed by atoms with van der Waals surface area (Å²) in [6.45, 7) is 1.36. The second-order valence-electron chi connectivity index (χ2n) is 7.47. The van der Waals surface area contributed by atoms with Gasteiger partial charge in [-0.1, -0.05) is 36.4 Å². The summed E-state index contributed by atoms with van der Waals surface area (Å²) in [5.74, 6) is -0.585. The van der Waals surface area contributed by atoms with Crippen LogP contribution in [0.4, 0.5) is 13.2 Å². The molecular formula is C22H20F3N5O2. The number of aromatic nitrogens is 4. The highest BCUT2D eigenvalue weighted by Crippen LogP contribution is 2.40. The van der Waals surface area contributed by atoms with Crippen LogP contribution >= 0.6 is 0 Å². The number of hydrogen-bond acceptors (Lipinski definition) is 4. The van der Waals surface area contributed by atoms with E-state index in [1.54, 1.807) is 28.8 Å². The number of hydrogen-bond donors (Lipinski definition) is 2. The van der Waals surface area contributed by atoms with Crippen molar-refractivity contribution in [2.75, 3.05) is 0 Å². The molecule has 0 aliphatic rings. The number of nitrogens with zero attached hydrogens (tertiary/aromatic N) is 4. The van der Waals surface area contributed by atoms with Gasteiger partial charge < -0.3 is 15.4 Å². The van der Waals surface area contributed by atoms with Crippen molar-refractivity contribution in [3.63, 3.8) is 0 Å². The first-order chi connectivity index (χ1) is 15.1. The Morgan fingerprint density at radius 2 is 1.84 bits per heavy atom. The van der Waals surface area contributed by atoms with Gasteiger partial charge in [0.25, 0.3) is 5.91 Å². The van der Waals surface area contributed by atoms with Crippen molar-refractivity contribution in [1.29, 1.82) is 0 Å². The zero-order valence-corrected chi connectivity index (χ0v) is 17.0. The van der Waals surface area contributed by atoms with Crippen molar-refractivity contribution in [3.8, 4) is 5.69 Å². The number of fused-ring (bicyclic) bond motifs is 1. The van der Waals surface area contributed by atoms with Gasteiger partial charge in [0.15, 0.2) is 0 Å². The molecule has 0 bridgehead atoms. The van der Waals surface area contributed by atoms with Crippen molar-refractivity contribution in [2.45, 2.75) is 31.7 Å². The van der Waals surface area contributed by atoms with Crippen LogP contribution in [0, 0.1) is 0 Å². The number of amides is 1. The number of halogens is 3. The number of para-hydroxylation sites is 1. The predicted molar refractivity (Wildman–Crippen MR) is 111 cm³/mol. The van der Waals surface area contributed by atoms with Crippen molar-refractivity contribution < 1.29 is 23.1 Å².